The van der Waals surface area contributed by atoms with Gasteiger partial charge >= 0.3 is 0 Å². The molecule has 0 radical (unpaired) electrons. The van der Waals surface area contributed by atoms with Crippen LogP contribution in [0.1, 0.15) is 31.9 Å². The minimum absolute atomic E-state index is 0.371. The summed E-state index contributed by atoms with van der Waals surface area (Å²) in [5.41, 5.74) is 8.63. The predicted octanol–water partition coefficient (Wildman–Crippen LogP) is 2.73. The number of fused-ring (bicyclic) bond motifs is 1. The minimum Gasteiger partial charge on any atom is -0.327 e. The number of hydrogen-bond acceptors (Lipinski definition) is 2. The highest BCUT2D eigenvalue weighted by Crippen LogP contribution is 2.33. The van der Waals surface area contributed by atoms with Crippen LogP contribution in [-0.2, 0) is 13.0 Å². The molecule has 1 aromatic carbocycles. The number of hydrogen-bond donors (Lipinski definition) is 1. The number of aryl methyl sites for hydroxylation is 2. The lowest BCUT2D eigenvalue weighted by Gasteiger charge is -2.08. The van der Waals surface area contributed by atoms with Crippen LogP contribution in [-0.4, -0.2) is 15.8 Å². The highest BCUT2D eigenvalue weighted by Gasteiger charge is 2.28. The summed E-state index contributed by atoms with van der Waals surface area (Å²) in [5, 5.41) is 6.01. The second-order valence-corrected chi connectivity index (χ2v) is 5.32. The average Bonchev–Trinajstić information content (AvgIpc) is 3.19. The van der Waals surface area contributed by atoms with Gasteiger partial charge in [0.25, 0.3) is 0 Å². The fourth-order valence-corrected chi connectivity index (χ4v) is 2.69. The summed E-state index contributed by atoms with van der Waals surface area (Å²) < 4.78 is 2.09. The molecule has 0 aliphatic heterocycles. The summed E-state index contributed by atoms with van der Waals surface area (Å²) in [6, 6.07) is 8.86. The third kappa shape index (κ3) is 2.15. The molecule has 1 aliphatic rings. The van der Waals surface area contributed by atoms with Crippen molar-refractivity contribution in [1.29, 1.82) is 0 Å². The van der Waals surface area contributed by atoms with Crippen LogP contribution in [0.3, 0.4) is 0 Å². The van der Waals surface area contributed by atoms with Crippen LogP contribution in [0.15, 0.2) is 24.3 Å². The SMILES string of the molecule is CCn1nc(CCC(N)C2CC2)c2ccccc21. The van der Waals surface area contributed by atoms with Crippen molar-refractivity contribution in [3.05, 3.63) is 30.0 Å². The standard InChI is InChI=1S/C15H21N3/c1-2-18-15-6-4-3-5-12(15)14(17-18)10-9-13(16)11-7-8-11/h3-6,11,13H,2,7-10,16H2,1H3. The van der Waals surface area contributed by atoms with Gasteiger partial charge in [0.05, 0.1) is 11.2 Å². The lowest BCUT2D eigenvalue weighted by Crippen LogP contribution is -2.23. The third-order valence-corrected chi connectivity index (χ3v) is 3.98. The van der Waals surface area contributed by atoms with Crippen LogP contribution < -0.4 is 5.73 Å². The topological polar surface area (TPSA) is 43.8 Å². The zero-order chi connectivity index (χ0) is 12.5. The van der Waals surface area contributed by atoms with Gasteiger partial charge in [0, 0.05) is 18.0 Å². The normalized spacial score (nSPS) is 17.2. The summed E-state index contributed by atoms with van der Waals surface area (Å²) >= 11 is 0. The van der Waals surface area contributed by atoms with E-state index in [-0.39, 0.29) is 0 Å². The maximum Gasteiger partial charge on any atom is 0.0703 e. The van der Waals surface area contributed by atoms with Crippen molar-refractivity contribution in [2.75, 3.05) is 0 Å². The molecule has 0 amide bonds. The van der Waals surface area contributed by atoms with E-state index in [1.807, 2.05) is 0 Å². The van der Waals surface area contributed by atoms with E-state index in [1.165, 1.54) is 29.4 Å². The number of nitrogens with zero attached hydrogens (tertiary/aromatic N) is 2. The Hall–Kier alpha value is -1.35. The Kier molecular flexibility index (Phi) is 3.08. The molecule has 0 bridgehead atoms. The molecule has 96 valence electrons. The maximum absolute atomic E-state index is 6.18. The third-order valence-electron chi connectivity index (χ3n) is 3.98. The van der Waals surface area contributed by atoms with E-state index >= 15 is 0 Å². The van der Waals surface area contributed by atoms with E-state index in [9.17, 15) is 0 Å². The molecule has 2 N–H and O–H groups in total. The van der Waals surface area contributed by atoms with Gasteiger partial charge in [-0.05, 0) is 44.6 Å². The Bertz CT molecular complexity index is 540. The first-order chi connectivity index (χ1) is 8.79. The first kappa shape index (κ1) is 11.7. The lowest BCUT2D eigenvalue weighted by atomic mass is 10.0. The smallest absolute Gasteiger partial charge is 0.0703 e. The van der Waals surface area contributed by atoms with Crippen molar-refractivity contribution >= 4 is 10.9 Å². The summed E-state index contributed by atoms with van der Waals surface area (Å²) in [5.74, 6) is 0.782. The highest BCUT2D eigenvalue weighted by atomic mass is 15.3. The molecule has 1 saturated carbocycles. The zero-order valence-corrected chi connectivity index (χ0v) is 11.0. The van der Waals surface area contributed by atoms with Gasteiger partial charge in [0.2, 0.25) is 0 Å². The molecule has 3 rings (SSSR count). The molecule has 1 unspecified atom stereocenters. The molecule has 1 atom stereocenters. The van der Waals surface area contributed by atoms with Crippen molar-refractivity contribution in [2.45, 2.75) is 45.2 Å². The van der Waals surface area contributed by atoms with Crippen molar-refractivity contribution in [1.82, 2.24) is 9.78 Å². The largest absolute Gasteiger partial charge is 0.327 e. The van der Waals surface area contributed by atoms with Crippen molar-refractivity contribution < 1.29 is 0 Å². The first-order valence-corrected chi connectivity index (χ1v) is 6.99. The summed E-state index contributed by atoms with van der Waals surface area (Å²) in [4.78, 5) is 0. The van der Waals surface area contributed by atoms with Crippen LogP contribution in [0.2, 0.25) is 0 Å². The van der Waals surface area contributed by atoms with E-state index in [1.54, 1.807) is 0 Å². The van der Waals surface area contributed by atoms with E-state index in [0.29, 0.717) is 6.04 Å². The molecule has 1 fully saturated rings. The summed E-state index contributed by atoms with van der Waals surface area (Å²) in [6.07, 6.45) is 4.72. The Balaban J connectivity index is 1.82. The molecule has 3 heteroatoms. The number of benzene rings is 1. The van der Waals surface area contributed by atoms with Gasteiger partial charge in [-0.3, -0.25) is 4.68 Å². The molecular weight excluding hydrogens is 222 g/mol. The molecule has 0 saturated heterocycles. The first-order valence-electron chi connectivity index (χ1n) is 6.99. The van der Waals surface area contributed by atoms with Gasteiger partial charge in [0.1, 0.15) is 0 Å². The lowest BCUT2D eigenvalue weighted by molar-refractivity contribution is 0.543. The van der Waals surface area contributed by atoms with Crippen LogP contribution >= 0.6 is 0 Å². The molecule has 18 heavy (non-hydrogen) atoms. The molecule has 1 heterocycles. The van der Waals surface area contributed by atoms with Gasteiger partial charge < -0.3 is 5.73 Å². The quantitative estimate of drug-likeness (QED) is 0.877. The van der Waals surface area contributed by atoms with Gasteiger partial charge in [-0.25, -0.2) is 0 Å². The Labute approximate surface area is 108 Å². The number of aromatic nitrogens is 2. The number of para-hydroxylation sites is 1. The van der Waals surface area contributed by atoms with E-state index in [0.717, 1.165) is 25.3 Å². The van der Waals surface area contributed by atoms with Crippen molar-refractivity contribution in [3.8, 4) is 0 Å². The van der Waals surface area contributed by atoms with Crippen LogP contribution in [0.4, 0.5) is 0 Å². The Morgan fingerprint density at radius 2 is 2.17 bits per heavy atom. The Morgan fingerprint density at radius 3 is 2.89 bits per heavy atom. The average molecular weight is 243 g/mol. The number of rotatable bonds is 5. The maximum atomic E-state index is 6.18. The minimum atomic E-state index is 0.371. The van der Waals surface area contributed by atoms with Crippen molar-refractivity contribution in [3.63, 3.8) is 0 Å². The predicted molar refractivity (Wildman–Crippen MR) is 74.4 cm³/mol. The second-order valence-electron chi connectivity index (χ2n) is 5.32. The highest BCUT2D eigenvalue weighted by molar-refractivity contribution is 5.81. The van der Waals surface area contributed by atoms with Gasteiger partial charge in [-0.15, -0.1) is 0 Å². The fraction of sp³-hybridized carbons (Fsp3) is 0.533. The van der Waals surface area contributed by atoms with E-state index in [2.05, 4.69) is 35.9 Å². The van der Waals surface area contributed by atoms with Gasteiger partial charge in [0.15, 0.2) is 0 Å². The fourth-order valence-electron chi connectivity index (χ4n) is 2.69. The Morgan fingerprint density at radius 1 is 1.39 bits per heavy atom. The molecule has 3 nitrogen and oxygen atoms in total. The second kappa shape index (κ2) is 4.73. The molecular formula is C15H21N3. The molecule has 2 aromatic rings. The van der Waals surface area contributed by atoms with Crippen LogP contribution in [0, 0.1) is 5.92 Å². The van der Waals surface area contributed by atoms with E-state index < -0.39 is 0 Å². The summed E-state index contributed by atoms with van der Waals surface area (Å²) in [7, 11) is 0. The van der Waals surface area contributed by atoms with Crippen molar-refractivity contribution in [2.24, 2.45) is 11.7 Å². The van der Waals surface area contributed by atoms with E-state index in [4.69, 9.17) is 10.8 Å². The molecule has 1 aliphatic carbocycles. The molecule has 1 aromatic heterocycles. The van der Waals surface area contributed by atoms with Crippen LogP contribution in [0.5, 0.6) is 0 Å². The van der Waals surface area contributed by atoms with Crippen LogP contribution in [0.25, 0.3) is 10.9 Å². The van der Waals surface area contributed by atoms with Gasteiger partial charge in [-0.1, -0.05) is 18.2 Å². The monoisotopic (exact) mass is 243 g/mol. The van der Waals surface area contributed by atoms with Gasteiger partial charge in [-0.2, -0.15) is 5.10 Å². The zero-order valence-electron chi connectivity index (χ0n) is 11.0. The molecule has 0 spiro atoms. The summed E-state index contributed by atoms with van der Waals surface area (Å²) in [6.45, 7) is 3.06. The number of nitrogens with two attached hydrogens (primary N) is 1.